The Morgan fingerprint density at radius 1 is 1.25 bits per heavy atom. The molecule has 0 aromatic heterocycles. The van der Waals surface area contributed by atoms with Crippen molar-refractivity contribution in [2.75, 3.05) is 26.4 Å². The van der Waals surface area contributed by atoms with E-state index in [4.69, 9.17) is 23.8 Å². The third kappa shape index (κ3) is 3.17. The average Bonchev–Trinajstić information content (AvgIpc) is 2.97. The summed E-state index contributed by atoms with van der Waals surface area (Å²) >= 11 is 0. The number of hydrogen-bond donors (Lipinski definition) is 1. The summed E-state index contributed by atoms with van der Waals surface area (Å²) < 4.78 is 87.0. The second-order valence-corrected chi connectivity index (χ2v) is 5.40. The minimum atomic E-state index is -2.52. The highest BCUT2D eigenvalue weighted by molar-refractivity contribution is 5.46. The Kier molecular flexibility index (Phi) is 2.59. The molecule has 4 rings (SSSR count). The summed E-state index contributed by atoms with van der Waals surface area (Å²) in [6.07, 6.45) is -2.19. The molecule has 1 N–H and O–H groups in total. The van der Waals surface area contributed by atoms with Crippen molar-refractivity contribution in [2.45, 2.75) is 12.3 Å². The molecular formula is C19H20FNO3. The lowest BCUT2D eigenvalue weighted by molar-refractivity contribution is 0.173. The number of fused-ring (bicyclic) bond motifs is 1. The van der Waals surface area contributed by atoms with Gasteiger partial charge in [-0.3, -0.25) is 0 Å². The third-order valence-electron chi connectivity index (χ3n) is 3.79. The van der Waals surface area contributed by atoms with Gasteiger partial charge in [0.05, 0.1) is 9.30 Å². The van der Waals surface area contributed by atoms with E-state index >= 15 is 0 Å². The summed E-state index contributed by atoms with van der Waals surface area (Å²) in [4.78, 5) is 0. The molecule has 2 aliphatic rings. The lowest BCUT2D eigenvalue weighted by Gasteiger charge is -2.32. The van der Waals surface area contributed by atoms with E-state index in [1.54, 1.807) is 0 Å². The van der Waals surface area contributed by atoms with Crippen molar-refractivity contribution >= 4 is 0 Å². The molecule has 2 aromatic carbocycles. The van der Waals surface area contributed by atoms with E-state index in [1.807, 2.05) is 0 Å². The maximum absolute atomic E-state index is 13.4. The average molecular weight is 336 g/mol. The largest absolute Gasteiger partial charge is 0.493 e. The molecule has 0 bridgehead atoms. The normalized spacial score (nSPS) is 34.5. The standard InChI is InChI=1S/C19H20FNO3/c20-15-3-1-13(2-4-15)17-7-8-21-10-14(17)11-22-16-5-6-18-19(9-16)24-12-23-18/h1-6,9,14,17,21H,7-8,10-12H2/t14?,17-/m0/s1/i7D2,11D2,12D2,17D. The van der Waals surface area contributed by atoms with Crippen LogP contribution in [0.2, 0.25) is 0 Å². The molecular weight excluding hydrogens is 309 g/mol. The fourth-order valence-corrected chi connectivity index (χ4v) is 2.60. The van der Waals surface area contributed by atoms with Gasteiger partial charge in [0.25, 0.3) is 0 Å². The number of ether oxygens (including phenoxy) is 3. The highest BCUT2D eigenvalue weighted by Crippen LogP contribution is 2.36. The van der Waals surface area contributed by atoms with Gasteiger partial charge in [-0.15, -0.1) is 0 Å². The van der Waals surface area contributed by atoms with Gasteiger partial charge in [0, 0.05) is 22.6 Å². The topological polar surface area (TPSA) is 39.7 Å². The third-order valence-corrected chi connectivity index (χ3v) is 3.79. The number of benzene rings is 2. The predicted octanol–water partition coefficient (Wildman–Crippen LogP) is 3.33. The Bertz CT molecular complexity index is 989. The quantitative estimate of drug-likeness (QED) is 0.930. The van der Waals surface area contributed by atoms with Crippen LogP contribution in [0.3, 0.4) is 0 Å². The SMILES string of the molecule is [2H]C1([2H])Oc2ccc(OC([2H])([2H])C3CNCC([2H])([2H])[C@@]3([2H])c3ccc(F)cc3)cc2O1. The Hall–Kier alpha value is -2.27. The molecule has 1 unspecified atom stereocenters. The zero-order valence-corrected chi connectivity index (χ0v) is 12.6. The zero-order chi connectivity index (χ0) is 22.7. The molecule has 0 spiro atoms. The number of piperidine rings is 1. The molecule has 0 amide bonds. The van der Waals surface area contributed by atoms with Crippen LogP contribution in [0.25, 0.3) is 0 Å². The second kappa shape index (κ2) is 6.69. The molecule has 0 radical (unpaired) electrons. The molecule has 1 saturated heterocycles. The fraction of sp³-hybridized carbons (Fsp3) is 0.368. The highest BCUT2D eigenvalue weighted by atomic mass is 19.1. The summed E-state index contributed by atoms with van der Waals surface area (Å²) in [6, 6.07) is 8.82. The number of nitrogens with one attached hydrogen (secondary N) is 1. The van der Waals surface area contributed by atoms with Crippen molar-refractivity contribution in [3.8, 4) is 17.2 Å². The minimum Gasteiger partial charge on any atom is -0.493 e. The van der Waals surface area contributed by atoms with Crippen LogP contribution in [-0.4, -0.2) is 26.4 Å². The Morgan fingerprint density at radius 3 is 2.96 bits per heavy atom. The van der Waals surface area contributed by atoms with Crippen LogP contribution in [-0.2, 0) is 0 Å². The van der Waals surface area contributed by atoms with Crippen LogP contribution < -0.4 is 19.5 Å². The van der Waals surface area contributed by atoms with Crippen molar-refractivity contribution in [3.05, 3.63) is 53.8 Å². The first-order chi connectivity index (χ1) is 14.3. The lowest BCUT2D eigenvalue weighted by atomic mass is 9.81. The van der Waals surface area contributed by atoms with E-state index in [0.717, 1.165) is 12.1 Å². The molecule has 2 aliphatic heterocycles. The van der Waals surface area contributed by atoms with Gasteiger partial charge in [-0.25, -0.2) is 4.39 Å². The molecule has 2 heterocycles. The maximum Gasteiger partial charge on any atom is 0.231 e. The van der Waals surface area contributed by atoms with Crippen LogP contribution in [0, 0.1) is 11.7 Å². The van der Waals surface area contributed by atoms with Gasteiger partial charge in [0.1, 0.15) is 14.3 Å². The van der Waals surface area contributed by atoms with Crippen molar-refractivity contribution < 1.29 is 28.2 Å². The summed E-state index contributed by atoms with van der Waals surface area (Å²) in [7, 11) is 0. The van der Waals surface area contributed by atoms with Crippen LogP contribution >= 0.6 is 0 Å². The van der Waals surface area contributed by atoms with Gasteiger partial charge in [-0.05, 0) is 48.6 Å². The first-order valence-corrected chi connectivity index (χ1v) is 7.52. The smallest absolute Gasteiger partial charge is 0.231 e. The van der Waals surface area contributed by atoms with E-state index in [2.05, 4.69) is 5.32 Å². The first-order valence-electron chi connectivity index (χ1n) is 11.0. The molecule has 0 saturated carbocycles. The molecule has 126 valence electrons. The fourth-order valence-electron chi connectivity index (χ4n) is 2.60. The van der Waals surface area contributed by atoms with E-state index in [1.165, 1.54) is 30.3 Å². The molecule has 2 atom stereocenters. The number of hydrogen-bond acceptors (Lipinski definition) is 4. The van der Waals surface area contributed by atoms with E-state index < -0.39 is 37.3 Å². The van der Waals surface area contributed by atoms with Gasteiger partial charge in [-0.2, -0.15) is 0 Å². The molecule has 2 aromatic rings. The van der Waals surface area contributed by atoms with Crippen LogP contribution in [0.4, 0.5) is 4.39 Å². The van der Waals surface area contributed by atoms with Crippen LogP contribution in [0.5, 0.6) is 17.2 Å². The van der Waals surface area contributed by atoms with Crippen molar-refractivity contribution in [3.63, 3.8) is 0 Å². The predicted molar refractivity (Wildman–Crippen MR) is 88.2 cm³/mol. The number of halogens is 1. The van der Waals surface area contributed by atoms with E-state index in [0.29, 0.717) is 0 Å². The second-order valence-electron chi connectivity index (χ2n) is 5.40. The van der Waals surface area contributed by atoms with Gasteiger partial charge in [0.15, 0.2) is 11.5 Å². The summed E-state index contributed by atoms with van der Waals surface area (Å²) in [5, 5.41) is 2.82. The summed E-state index contributed by atoms with van der Waals surface area (Å²) in [5.41, 5.74) is 0.136. The minimum absolute atomic E-state index is 0.00218. The highest BCUT2D eigenvalue weighted by Gasteiger charge is 2.27. The molecule has 4 nitrogen and oxygen atoms in total. The summed E-state index contributed by atoms with van der Waals surface area (Å²) in [5.74, 6) is -3.77. The first kappa shape index (κ1) is 9.28. The maximum atomic E-state index is 13.4. The Labute approximate surface area is 150 Å². The molecule has 0 aliphatic carbocycles. The van der Waals surface area contributed by atoms with Crippen LogP contribution in [0.1, 0.15) is 27.4 Å². The Balaban J connectivity index is 1.68. The molecule has 1 fully saturated rings. The van der Waals surface area contributed by atoms with E-state index in [9.17, 15) is 4.39 Å². The number of rotatable bonds is 4. The van der Waals surface area contributed by atoms with Gasteiger partial charge < -0.3 is 19.5 Å². The monoisotopic (exact) mass is 336 g/mol. The van der Waals surface area contributed by atoms with Gasteiger partial charge in [0.2, 0.25) is 6.75 Å². The lowest BCUT2D eigenvalue weighted by Crippen LogP contribution is -2.38. The van der Waals surface area contributed by atoms with Gasteiger partial charge >= 0.3 is 0 Å². The van der Waals surface area contributed by atoms with Crippen molar-refractivity contribution in [1.82, 2.24) is 5.32 Å². The van der Waals surface area contributed by atoms with Gasteiger partial charge in [-0.1, -0.05) is 12.1 Å². The molecule has 24 heavy (non-hydrogen) atoms. The Morgan fingerprint density at radius 2 is 2.08 bits per heavy atom. The van der Waals surface area contributed by atoms with E-state index in [-0.39, 0.29) is 35.9 Å². The molecule has 5 heteroatoms. The summed E-state index contributed by atoms with van der Waals surface area (Å²) in [6.45, 7) is -5.11. The zero-order valence-electron chi connectivity index (χ0n) is 19.6. The van der Waals surface area contributed by atoms with Crippen molar-refractivity contribution in [1.29, 1.82) is 0 Å². The van der Waals surface area contributed by atoms with Crippen LogP contribution in [0.15, 0.2) is 42.5 Å². The van der Waals surface area contributed by atoms with Crippen molar-refractivity contribution in [2.24, 2.45) is 5.92 Å².